The molecule has 0 atom stereocenters. The van der Waals surface area contributed by atoms with Crippen LogP contribution in [0.1, 0.15) is 33.5 Å². The third-order valence-electron chi connectivity index (χ3n) is 4.94. The van der Waals surface area contributed by atoms with Crippen LogP contribution in [0.25, 0.3) is 17.1 Å². The molecule has 5 aromatic rings. The van der Waals surface area contributed by atoms with Gasteiger partial charge >= 0.3 is 5.97 Å². The van der Waals surface area contributed by atoms with E-state index in [4.69, 9.17) is 9.47 Å². The Balaban J connectivity index is 1.53. The van der Waals surface area contributed by atoms with Crippen molar-refractivity contribution in [3.05, 3.63) is 76.3 Å². The standard InChI is InChI=1S/C23H21N7O3S/c1-3-32-22(31)17-9-25-30(10-17)23-27-20-19(21(28-23)33-12-16-7-5-4-6-8-16)29(14-24-20)11-18-13-34-15(2)26-18/h4-10,13-14H,3,11-12H2,1-2H3. The van der Waals surface area contributed by atoms with Crippen LogP contribution in [-0.4, -0.2) is 46.9 Å². The van der Waals surface area contributed by atoms with Crippen LogP contribution in [0.3, 0.4) is 0 Å². The second-order valence-corrected chi connectivity index (χ2v) is 8.46. The summed E-state index contributed by atoms with van der Waals surface area (Å²) in [5.74, 6) is 0.139. The zero-order valence-electron chi connectivity index (χ0n) is 18.6. The summed E-state index contributed by atoms with van der Waals surface area (Å²) >= 11 is 1.59. The Bertz CT molecular complexity index is 1440. The van der Waals surface area contributed by atoms with Crippen LogP contribution in [0.4, 0.5) is 0 Å². The molecule has 0 aliphatic rings. The van der Waals surface area contributed by atoms with Gasteiger partial charge in [-0.15, -0.1) is 11.3 Å². The van der Waals surface area contributed by atoms with Gasteiger partial charge in [-0.05, 0) is 19.4 Å². The van der Waals surface area contributed by atoms with Crippen molar-refractivity contribution in [3.63, 3.8) is 0 Å². The number of imidazole rings is 1. The molecule has 0 bridgehead atoms. The first-order chi connectivity index (χ1) is 16.6. The zero-order valence-corrected chi connectivity index (χ0v) is 19.4. The molecule has 34 heavy (non-hydrogen) atoms. The van der Waals surface area contributed by atoms with Gasteiger partial charge < -0.3 is 14.0 Å². The molecule has 5 rings (SSSR count). The number of ether oxygens (including phenoxy) is 2. The van der Waals surface area contributed by atoms with E-state index in [9.17, 15) is 4.79 Å². The highest BCUT2D eigenvalue weighted by atomic mass is 32.1. The third kappa shape index (κ3) is 4.50. The maximum absolute atomic E-state index is 12.0. The molecular weight excluding hydrogens is 454 g/mol. The highest BCUT2D eigenvalue weighted by molar-refractivity contribution is 7.09. The monoisotopic (exact) mass is 475 g/mol. The molecule has 0 spiro atoms. The van der Waals surface area contributed by atoms with Crippen molar-refractivity contribution in [2.24, 2.45) is 0 Å². The lowest BCUT2D eigenvalue weighted by molar-refractivity contribution is 0.0526. The third-order valence-corrected chi connectivity index (χ3v) is 5.77. The minimum Gasteiger partial charge on any atom is -0.471 e. The van der Waals surface area contributed by atoms with Crippen LogP contribution in [0.5, 0.6) is 5.88 Å². The zero-order chi connectivity index (χ0) is 23.5. The minimum absolute atomic E-state index is 0.237. The fraction of sp³-hybridized carbons (Fsp3) is 0.217. The number of aryl methyl sites for hydroxylation is 1. The average molecular weight is 476 g/mol. The van der Waals surface area contributed by atoms with Gasteiger partial charge in [0.05, 0.1) is 41.9 Å². The summed E-state index contributed by atoms with van der Waals surface area (Å²) in [6, 6.07) is 9.82. The summed E-state index contributed by atoms with van der Waals surface area (Å²) < 4.78 is 14.5. The molecule has 0 saturated heterocycles. The van der Waals surface area contributed by atoms with Gasteiger partial charge in [-0.1, -0.05) is 30.3 Å². The number of esters is 1. The van der Waals surface area contributed by atoms with Gasteiger partial charge in [0.15, 0.2) is 11.2 Å². The van der Waals surface area contributed by atoms with Gasteiger partial charge in [0.25, 0.3) is 5.95 Å². The molecule has 11 heteroatoms. The number of thiazole rings is 1. The molecule has 0 N–H and O–H groups in total. The van der Waals surface area contributed by atoms with E-state index in [0.29, 0.717) is 35.8 Å². The van der Waals surface area contributed by atoms with E-state index in [1.54, 1.807) is 24.6 Å². The first-order valence-electron chi connectivity index (χ1n) is 10.6. The molecule has 0 aliphatic carbocycles. The lowest BCUT2D eigenvalue weighted by Gasteiger charge is -2.10. The molecule has 4 aromatic heterocycles. The summed E-state index contributed by atoms with van der Waals surface area (Å²) in [6.07, 6.45) is 4.63. The summed E-state index contributed by atoms with van der Waals surface area (Å²) in [5.41, 5.74) is 3.34. The van der Waals surface area contributed by atoms with Gasteiger partial charge in [-0.25, -0.2) is 19.4 Å². The van der Waals surface area contributed by atoms with Gasteiger partial charge in [0.1, 0.15) is 6.61 Å². The predicted octanol–water partition coefficient (Wildman–Crippen LogP) is 3.58. The molecule has 4 heterocycles. The number of hydrogen-bond acceptors (Lipinski definition) is 9. The van der Waals surface area contributed by atoms with Crippen LogP contribution in [0, 0.1) is 6.92 Å². The van der Waals surface area contributed by atoms with Crippen molar-refractivity contribution in [2.45, 2.75) is 27.0 Å². The van der Waals surface area contributed by atoms with Crippen LogP contribution in [0.2, 0.25) is 0 Å². The highest BCUT2D eigenvalue weighted by Gasteiger charge is 2.19. The minimum atomic E-state index is -0.460. The number of rotatable bonds is 8. The lowest BCUT2D eigenvalue weighted by Crippen LogP contribution is -2.08. The molecule has 1 aromatic carbocycles. The fourth-order valence-corrected chi connectivity index (χ4v) is 4.00. The smallest absolute Gasteiger partial charge is 0.341 e. The molecule has 0 radical (unpaired) electrons. The summed E-state index contributed by atoms with van der Waals surface area (Å²) in [7, 11) is 0. The number of fused-ring (bicyclic) bond motifs is 1. The van der Waals surface area contributed by atoms with Crippen molar-refractivity contribution in [3.8, 4) is 11.8 Å². The van der Waals surface area contributed by atoms with Crippen LogP contribution in [-0.2, 0) is 17.9 Å². The normalized spacial score (nSPS) is 11.1. The molecule has 0 aliphatic heterocycles. The summed E-state index contributed by atoms with van der Waals surface area (Å²) in [4.78, 5) is 30.2. The van der Waals surface area contributed by atoms with E-state index in [1.807, 2.05) is 47.2 Å². The fourth-order valence-electron chi connectivity index (χ4n) is 3.39. The quantitative estimate of drug-likeness (QED) is 0.313. The number of carbonyl (C=O) groups is 1. The van der Waals surface area contributed by atoms with Gasteiger partial charge in [0.2, 0.25) is 5.88 Å². The SMILES string of the molecule is CCOC(=O)c1cnn(-c2nc(OCc3ccccc3)c3c(ncn3Cc3csc(C)n3)n2)c1. The molecule has 10 nitrogen and oxygen atoms in total. The van der Waals surface area contributed by atoms with Crippen LogP contribution >= 0.6 is 11.3 Å². The van der Waals surface area contributed by atoms with Gasteiger partial charge in [0, 0.05) is 11.6 Å². The largest absolute Gasteiger partial charge is 0.471 e. The Labute approximate surface area is 198 Å². The molecule has 0 saturated carbocycles. The van der Waals surface area contributed by atoms with E-state index >= 15 is 0 Å². The maximum Gasteiger partial charge on any atom is 0.341 e. The van der Waals surface area contributed by atoms with Crippen molar-refractivity contribution >= 4 is 28.5 Å². The first kappa shape index (κ1) is 21.7. The van der Waals surface area contributed by atoms with Crippen molar-refractivity contribution < 1.29 is 14.3 Å². The Morgan fingerprint density at radius 1 is 1.15 bits per heavy atom. The highest BCUT2D eigenvalue weighted by Crippen LogP contribution is 2.25. The van der Waals surface area contributed by atoms with Crippen molar-refractivity contribution in [1.82, 2.24) is 34.3 Å². The van der Waals surface area contributed by atoms with Gasteiger partial charge in [-0.2, -0.15) is 15.1 Å². The summed E-state index contributed by atoms with van der Waals surface area (Å²) in [5, 5.41) is 7.24. The van der Waals surface area contributed by atoms with E-state index in [2.05, 4.69) is 25.0 Å². The van der Waals surface area contributed by atoms with E-state index in [-0.39, 0.29) is 12.6 Å². The van der Waals surface area contributed by atoms with E-state index in [0.717, 1.165) is 16.3 Å². The Hall–Kier alpha value is -4.12. The van der Waals surface area contributed by atoms with Crippen LogP contribution < -0.4 is 4.74 Å². The molecular formula is C23H21N7O3S. The topological polar surface area (TPSA) is 110 Å². The van der Waals surface area contributed by atoms with Crippen molar-refractivity contribution in [1.29, 1.82) is 0 Å². The summed E-state index contributed by atoms with van der Waals surface area (Å²) in [6.45, 7) is 4.83. The molecule has 172 valence electrons. The number of benzene rings is 1. The average Bonchev–Trinajstić information content (AvgIpc) is 3.59. The molecule has 0 amide bonds. The Kier molecular flexibility index (Phi) is 6.00. The van der Waals surface area contributed by atoms with Crippen molar-refractivity contribution in [2.75, 3.05) is 6.61 Å². The number of carbonyl (C=O) groups excluding carboxylic acids is 1. The predicted molar refractivity (Wildman–Crippen MR) is 125 cm³/mol. The van der Waals surface area contributed by atoms with Gasteiger partial charge in [-0.3, -0.25) is 0 Å². The second kappa shape index (κ2) is 9.40. The van der Waals surface area contributed by atoms with E-state index < -0.39 is 5.97 Å². The Morgan fingerprint density at radius 2 is 2.00 bits per heavy atom. The first-order valence-corrected chi connectivity index (χ1v) is 11.5. The van der Waals surface area contributed by atoms with Crippen LogP contribution in [0.15, 0.2) is 54.4 Å². The maximum atomic E-state index is 12.0. The van der Waals surface area contributed by atoms with E-state index in [1.165, 1.54) is 17.1 Å². The molecule has 0 fully saturated rings. The number of hydrogen-bond donors (Lipinski definition) is 0. The number of aromatic nitrogens is 7. The second-order valence-electron chi connectivity index (χ2n) is 7.40. The lowest BCUT2D eigenvalue weighted by atomic mass is 10.2. The Morgan fingerprint density at radius 3 is 2.76 bits per heavy atom. The molecule has 0 unspecified atom stereocenters. The number of nitrogens with zero attached hydrogens (tertiary/aromatic N) is 7.